The molecule has 4 aromatic heterocycles. The van der Waals surface area contributed by atoms with E-state index < -0.39 is 0 Å². The Balaban J connectivity index is 0.000000105. The molecule has 4 heterocycles. The van der Waals surface area contributed by atoms with E-state index in [9.17, 15) is 20.4 Å². The average molecular weight is 1780 g/mol. The van der Waals surface area contributed by atoms with Crippen LogP contribution < -0.4 is 18.9 Å². The van der Waals surface area contributed by atoms with E-state index in [2.05, 4.69) is 201 Å². The molecule has 4 aliphatic carbocycles. The van der Waals surface area contributed by atoms with Crippen molar-refractivity contribution in [2.75, 3.05) is 0 Å². The third-order valence-electron chi connectivity index (χ3n) is 26.3. The van der Waals surface area contributed by atoms with Crippen molar-refractivity contribution < 1.29 is 39.4 Å². The fourth-order valence-corrected chi connectivity index (χ4v) is 19.5. The van der Waals surface area contributed by atoms with E-state index in [1.165, 1.54) is 32.3 Å². The molecule has 0 radical (unpaired) electrons. The van der Waals surface area contributed by atoms with Crippen LogP contribution >= 0.6 is 0 Å². The first-order valence-electron chi connectivity index (χ1n) is 46.9. The van der Waals surface area contributed by atoms with Crippen LogP contribution in [0.3, 0.4) is 0 Å². The van der Waals surface area contributed by atoms with Gasteiger partial charge in [-0.15, -0.1) is 0 Å². The third kappa shape index (κ3) is 17.9. The maximum Gasteiger partial charge on any atom is 0.320 e. The molecule has 0 unspecified atom stereocenters. The molecule has 17 aromatic carbocycles. The van der Waals surface area contributed by atoms with Gasteiger partial charge in [0.1, 0.15) is 47.4 Å². The Hall–Kier alpha value is -16.5. The highest BCUT2D eigenvalue weighted by molar-refractivity contribution is 6.21. The van der Waals surface area contributed by atoms with E-state index in [0.29, 0.717) is 92.9 Å². The van der Waals surface area contributed by atoms with Crippen LogP contribution in [0.2, 0.25) is 0 Å². The average Bonchev–Trinajstić information content (AvgIpc) is 0.749. The van der Waals surface area contributed by atoms with E-state index in [-0.39, 0.29) is 47.4 Å². The number of hydrogen-bond donors (Lipinski definition) is 4. The van der Waals surface area contributed by atoms with Gasteiger partial charge in [-0.1, -0.05) is 243 Å². The Morgan fingerprint density at radius 1 is 0.176 bits per heavy atom. The number of fused-ring (bicyclic) bond motifs is 12. The second kappa shape index (κ2) is 38.0. The smallest absolute Gasteiger partial charge is 0.320 e. The van der Waals surface area contributed by atoms with Crippen molar-refractivity contribution in [3.05, 3.63) is 328 Å². The van der Waals surface area contributed by atoms with Crippen molar-refractivity contribution in [3.8, 4) is 138 Å². The first-order chi connectivity index (χ1) is 67.0. The monoisotopic (exact) mass is 1780 g/mol. The number of phenols is 4. The Morgan fingerprint density at radius 2 is 0.441 bits per heavy atom. The van der Waals surface area contributed by atoms with Crippen LogP contribution in [0.25, 0.3) is 188 Å². The molecular formula is C116H94N12O8. The van der Waals surface area contributed by atoms with Crippen LogP contribution in [0.5, 0.6) is 47.0 Å². The first-order valence-corrected chi connectivity index (χ1v) is 46.9. The van der Waals surface area contributed by atoms with Crippen molar-refractivity contribution in [3.63, 3.8) is 0 Å². The summed E-state index contributed by atoms with van der Waals surface area (Å²) in [5.74, 6) is 4.29. The summed E-state index contributed by atoms with van der Waals surface area (Å²) in [6.45, 7) is 0. The molecular weight excluding hydrogens is 1690 g/mol. The molecule has 0 aliphatic heterocycles. The van der Waals surface area contributed by atoms with Gasteiger partial charge >= 0.3 is 24.0 Å². The summed E-state index contributed by atoms with van der Waals surface area (Å²) < 4.78 is 24.8. The molecule has 4 saturated carbocycles. The molecule has 0 amide bonds. The maximum absolute atomic E-state index is 10.6. The minimum atomic E-state index is 0.102. The van der Waals surface area contributed by atoms with Crippen LogP contribution in [0.1, 0.15) is 103 Å². The predicted octanol–water partition coefficient (Wildman–Crippen LogP) is 27.3. The van der Waals surface area contributed by atoms with Gasteiger partial charge in [-0.2, -0.15) is 39.9 Å². The van der Waals surface area contributed by atoms with Gasteiger partial charge in [-0.05, 0) is 285 Å². The van der Waals surface area contributed by atoms with Gasteiger partial charge in [0.2, 0.25) is 0 Å². The van der Waals surface area contributed by atoms with Crippen LogP contribution in [-0.2, 0) is 0 Å². The largest absolute Gasteiger partial charge is 0.507 e. The highest BCUT2D eigenvalue weighted by atomic mass is 16.5. The molecule has 0 bridgehead atoms. The number of nitrogens with zero attached hydrogens (tertiary/aromatic N) is 12. The van der Waals surface area contributed by atoms with Gasteiger partial charge in [0.15, 0.2) is 46.6 Å². The lowest BCUT2D eigenvalue weighted by molar-refractivity contribution is 0.192. The zero-order chi connectivity index (χ0) is 91.4. The standard InChI is InChI=1S/C32H25N3O2.3C28H23N3O2/c36-29-16-8-7-15-26(29)30-33-31(35-32(34-30)37-21-10-2-3-11-21)28-19-27-22-12-4-1-9-20(22)17-18-25(27)23-13-5-6-14-24(23)28;32-24-16-8-7-15-23(24)26-29-27(31-28(30-26)33-20-11-3-4-12-20)25-21-13-5-1-9-18(21)17-19-10-2-6-14-22(19)25;32-25-16-8-7-15-23(25)26-29-27(31-28(30-26)33-19-10-2-3-11-19)24-17-18-9-1-4-12-20(18)21-13-5-6-14-22(21)24;32-25-12-6-5-11-24(25)27-29-26(30-28(31-27)33-23-9-3-4-10-23)21-14-13-20-15-18-7-1-2-8-19(18)16-22(20)17-21/h1,4-9,12-19,21,36H,2-3,10-11H2;1-2,5-10,13-17,20,32H,3-4,11-12H2;1,4-9,12-17,19,32H,2-3,10-11H2;1-2,5-8,11-17,23,32H,3-4,9-10H2. The molecule has 666 valence electrons. The quantitative estimate of drug-likeness (QED) is 0.0517. The topological polar surface area (TPSA) is 273 Å². The number of rotatable bonds is 16. The summed E-state index contributed by atoms with van der Waals surface area (Å²) in [4.78, 5) is 56.7. The van der Waals surface area contributed by atoms with E-state index in [0.717, 1.165) is 190 Å². The molecule has 0 spiro atoms. The number of benzene rings is 17. The van der Waals surface area contributed by atoms with E-state index in [1.54, 1.807) is 54.6 Å². The molecule has 21 aromatic rings. The fraction of sp³-hybridized carbons (Fsp3) is 0.172. The van der Waals surface area contributed by atoms with Crippen LogP contribution in [0, 0.1) is 0 Å². The third-order valence-corrected chi connectivity index (χ3v) is 26.3. The van der Waals surface area contributed by atoms with Crippen LogP contribution in [-0.4, -0.2) is 105 Å². The zero-order valence-corrected chi connectivity index (χ0v) is 74.6. The summed E-state index contributed by atoms with van der Waals surface area (Å²) in [6, 6.07) is 109. The molecule has 4 fully saturated rings. The second-order valence-corrected chi connectivity index (χ2v) is 35.2. The van der Waals surface area contributed by atoms with E-state index >= 15 is 0 Å². The summed E-state index contributed by atoms with van der Waals surface area (Å²) in [6.07, 6.45) is 17.7. The first kappa shape index (κ1) is 85.0. The number of aromatic nitrogens is 12. The summed E-state index contributed by atoms with van der Waals surface area (Å²) >= 11 is 0. The number of ether oxygens (including phenoxy) is 4. The van der Waals surface area contributed by atoms with Crippen molar-refractivity contribution in [1.82, 2.24) is 59.8 Å². The minimum Gasteiger partial charge on any atom is -0.507 e. The van der Waals surface area contributed by atoms with E-state index in [1.807, 2.05) is 97.1 Å². The normalized spacial score (nSPS) is 14.1. The SMILES string of the molecule is Oc1ccccc1-c1nc(OC2CCCC2)nc(-c2c3ccccc3cc3ccccc23)n1.Oc1ccccc1-c1nc(OC2CCCC2)nc(-c2cc3c4ccccc4ccc3c3ccccc23)n1.Oc1ccccc1-c1nc(OC2CCCC2)nc(-c2cc3ccccc3c3ccccc23)n1.Oc1ccccc1-c1nc(OC2CCCC2)nc(-c2ccc3cc4ccccc4cc3c2)n1. The molecule has 0 atom stereocenters. The molecule has 20 heteroatoms. The van der Waals surface area contributed by atoms with Gasteiger partial charge in [0.05, 0.1) is 22.3 Å². The van der Waals surface area contributed by atoms with Crippen molar-refractivity contribution in [1.29, 1.82) is 0 Å². The lowest BCUT2D eigenvalue weighted by Gasteiger charge is -2.15. The summed E-state index contributed by atoms with van der Waals surface area (Å²) in [7, 11) is 0. The lowest BCUT2D eigenvalue weighted by Crippen LogP contribution is -2.14. The molecule has 4 N–H and O–H groups in total. The molecule has 4 aliphatic rings. The van der Waals surface area contributed by atoms with Gasteiger partial charge in [-0.3, -0.25) is 0 Å². The van der Waals surface area contributed by atoms with Crippen molar-refractivity contribution in [2.45, 2.75) is 127 Å². The highest BCUT2D eigenvalue weighted by Gasteiger charge is 2.29. The summed E-state index contributed by atoms with van der Waals surface area (Å²) in [5, 5.41) is 62.5. The zero-order valence-electron chi connectivity index (χ0n) is 74.6. The van der Waals surface area contributed by atoms with Gasteiger partial charge < -0.3 is 39.4 Å². The van der Waals surface area contributed by atoms with Gasteiger partial charge in [0, 0.05) is 22.3 Å². The van der Waals surface area contributed by atoms with Gasteiger partial charge in [0.25, 0.3) is 0 Å². The summed E-state index contributed by atoms with van der Waals surface area (Å²) in [5.41, 5.74) is 5.88. The van der Waals surface area contributed by atoms with Crippen molar-refractivity contribution >= 4 is 97.0 Å². The predicted molar refractivity (Wildman–Crippen MR) is 539 cm³/mol. The highest BCUT2D eigenvalue weighted by Crippen LogP contribution is 2.44. The van der Waals surface area contributed by atoms with E-state index in [4.69, 9.17) is 53.8 Å². The fourth-order valence-electron chi connectivity index (χ4n) is 19.5. The maximum atomic E-state index is 10.6. The van der Waals surface area contributed by atoms with Gasteiger partial charge in [-0.25, -0.2) is 19.9 Å². The number of para-hydroxylation sites is 4. The number of phenolic OH excluding ortho intramolecular Hbond substituents is 4. The Labute approximate surface area is 784 Å². The second-order valence-electron chi connectivity index (χ2n) is 35.2. The Morgan fingerprint density at radius 3 is 0.860 bits per heavy atom. The minimum absolute atomic E-state index is 0.102. The Kier molecular flexibility index (Phi) is 23.8. The molecule has 136 heavy (non-hydrogen) atoms. The number of aromatic hydroxyl groups is 4. The molecule has 20 nitrogen and oxygen atoms in total. The lowest BCUT2D eigenvalue weighted by atomic mass is 9.93. The molecule has 0 saturated heterocycles. The van der Waals surface area contributed by atoms with Crippen LogP contribution in [0.15, 0.2) is 328 Å². The Bertz CT molecular complexity index is 8030. The van der Waals surface area contributed by atoms with Crippen LogP contribution in [0.4, 0.5) is 0 Å². The number of hydrogen-bond acceptors (Lipinski definition) is 20. The van der Waals surface area contributed by atoms with Crippen molar-refractivity contribution in [2.24, 2.45) is 0 Å². The molecule has 25 rings (SSSR count).